The van der Waals surface area contributed by atoms with Gasteiger partial charge in [0.2, 0.25) is 0 Å². The van der Waals surface area contributed by atoms with Gasteiger partial charge in [-0.3, -0.25) is 14.5 Å². The second-order valence-electron chi connectivity index (χ2n) is 2.98. The van der Waals surface area contributed by atoms with Crippen molar-refractivity contribution in [1.29, 1.82) is 0 Å². The van der Waals surface area contributed by atoms with Crippen molar-refractivity contribution in [3.63, 3.8) is 0 Å². The van der Waals surface area contributed by atoms with Crippen LogP contribution >= 0.6 is 0 Å². The van der Waals surface area contributed by atoms with Gasteiger partial charge in [-0.25, -0.2) is 0 Å². The van der Waals surface area contributed by atoms with Crippen molar-refractivity contribution in [1.82, 2.24) is 4.90 Å². The molecule has 0 unspecified atom stereocenters. The van der Waals surface area contributed by atoms with Gasteiger partial charge >= 0.3 is 11.9 Å². The van der Waals surface area contributed by atoms with Crippen LogP contribution in [0.4, 0.5) is 0 Å². The fraction of sp³-hybridized carbons (Fsp3) is 0.400. The molecule has 15 heavy (non-hydrogen) atoms. The zero-order valence-electron chi connectivity index (χ0n) is 8.43. The molecule has 84 valence electrons. The summed E-state index contributed by atoms with van der Waals surface area (Å²) in [5.41, 5.74) is 0. The maximum atomic E-state index is 10.9. The molecule has 0 saturated carbocycles. The molecule has 0 aliphatic heterocycles. The number of carbonyl (C=O) groups is 2. The van der Waals surface area contributed by atoms with Crippen molar-refractivity contribution >= 4 is 11.9 Å². The number of carboxylic acids is 2. The van der Waals surface area contributed by atoms with Crippen molar-refractivity contribution in [2.45, 2.75) is 12.5 Å². The van der Waals surface area contributed by atoms with E-state index in [4.69, 9.17) is 10.2 Å². The molecular formula is C10H15NO4. The smallest absolute Gasteiger partial charge is 0.321 e. The number of nitrogens with zero attached hydrogens (tertiary/aromatic N) is 1. The standard InChI is InChI=1S/C10H15NO4/c1-3-5-11(6-4-2)8(10(14)15)7-9(12)13/h3-4,8H,1-2,5-7H2,(H,12,13)(H,14,15)/t8-/m1/s1. The second kappa shape index (κ2) is 6.78. The first-order valence-electron chi connectivity index (χ1n) is 4.43. The molecule has 0 aliphatic carbocycles. The number of hydrogen-bond acceptors (Lipinski definition) is 3. The molecule has 5 heteroatoms. The maximum absolute atomic E-state index is 10.9. The summed E-state index contributed by atoms with van der Waals surface area (Å²) in [6.07, 6.45) is 2.62. The van der Waals surface area contributed by atoms with Gasteiger partial charge in [-0.2, -0.15) is 0 Å². The molecule has 0 amide bonds. The van der Waals surface area contributed by atoms with Gasteiger partial charge in [0, 0.05) is 13.1 Å². The summed E-state index contributed by atoms with van der Waals surface area (Å²) in [6.45, 7) is 7.61. The van der Waals surface area contributed by atoms with E-state index in [0.717, 1.165) is 0 Å². The van der Waals surface area contributed by atoms with Gasteiger partial charge < -0.3 is 10.2 Å². The van der Waals surface area contributed by atoms with Crippen LogP contribution in [0.1, 0.15) is 6.42 Å². The second-order valence-corrected chi connectivity index (χ2v) is 2.98. The lowest BCUT2D eigenvalue weighted by molar-refractivity contribution is -0.149. The van der Waals surface area contributed by atoms with Crippen molar-refractivity contribution in [2.24, 2.45) is 0 Å². The van der Waals surface area contributed by atoms with Crippen molar-refractivity contribution in [3.8, 4) is 0 Å². The highest BCUT2D eigenvalue weighted by molar-refractivity contribution is 5.80. The fourth-order valence-electron chi connectivity index (χ4n) is 1.20. The van der Waals surface area contributed by atoms with E-state index in [1.54, 1.807) is 0 Å². The summed E-state index contributed by atoms with van der Waals surface area (Å²) >= 11 is 0. The molecule has 0 rings (SSSR count). The molecule has 0 radical (unpaired) electrons. The Labute approximate surface area is 88.3 Å². The molecule has 0 aromatic heterocycles. The van der Waals surface area contributed by atoms with Gasteiger partial charge in [-0.1, -0.05) is 12.2 Å². The number of hydrogen-bond donors (Lipinski definition) is 2. The third-order valence-electron chi connectivity index (χ3n) is 1.82. The Hall–Kier alpha value is -1.62. The lowest BCUT2D eigenvalue weighted by atomic mass is 10.1. The van der Waals surface area contributed by atoms with E-state index in [9.17, 15) is 9.59 Å². The van der Waals surface area contributed by atoms with E-state index in [1.165, 1.54) is 17.1 Å². The summed E-state index contributed by atoms with van der Waals surface area (Å²) < 4.78 is 0. The minimum Gasteiger partial charge on any atom is -0.481 e. The van der Waals surface area contributed by atoms with Crippen LogP contribution in [0, 0.1) is 0 Å². The molecular weight excluding hydrogens is 198 g/mol. The monoisotopic (exact) mass is 213 g/mol. The maximum Gasteiger partial charge on any atom is 0.321 e. The highest BCUT2D eigenvalue weighted by Gasteiger charge is 2.26. The third kappa shape index (κ3) is 4.97. The van der Waals surface area contributed by atoms with Gasteiger partial charge in [0.25, 0.3) is 0 Å². The Kier molecular flexibility index (Phi) is 6.05. The lowest BCUT2D eigenvalue weighted by Crippen LogP contribution is -2.42. The van der Waals surface area contributed by atoms with E-state index in [1.807, 2.05) is 0 Å². The highest BCUT2D eigenvalue weighted by atomic mass is 16.4. The molecule has 0 fully saturated rings. The Morgan fingerprint density at radius 1 is 1.20 bits per heavy atom. The number of aliphatic carboxylic acids is 2. The molecule has 0 saturated heterocycles. The Morgan fingerprint density at radius 3 is 1.93 bits per heavy atom. The predicted octanol–water partition coefficient (Wildman–Crippen LogP) is 0.588. The van der Waals surface area contributed by atoms with Crippen LogP contribution in [0.25, 0.3) is 0 Å². The molecule has 2 N–H and O–H groups in total. The van der Waals surface area contributed by atoms with Crippen LogP contribution in [0.5, 0.6) is 0 Å². The van der Waals surface area contributed by atoms with Crippen LogP contribution in [0.2, 0.25) is 0 Å². The molecule has 0 heterocycles. The van der Waals surface area contributed by atoms with Crippen molar-refractivity contribution in [2.75, 3.05) is 13.1 Å². The summed E-state index contributed by atoms with van der Waals surface area (Å²) in [5.74, 6) is -2.29. The number of carboxylic acid groups (broad SMARTS) is 2. The van der Waals surface area contributed by atoms with E-state index < -0.39 is 24.4 Å². The summed E-state index contributed by atoms with van der Waals surface area (Å²) in [6, 6.07) is -1.04. The zero-order chi connectivity index (χ0) is 11.8. The largest absolute Gasteiger partial charge is 0.481 e. The average Bonchev–Trinajstić information content (AvgIpc) is 2.13. The topological polar surface area (TPSA) is 77.8 Å². The van der Waals surface area contributed by atoms with Crippen LogP contribution in [-0.4, -0.2) is 46.2 Å². The fourth-order valence-corrected chi connectivity index (χ4v) is 1.20. The minimum absolute atomic E-state index is 0.316. The first-order chi connectivity index (χ1) is 7.02. The summed E-state index contributed by atoms with van der Waals surface area (Å²) in [7, 11) is 0. The average molecular weight is 213 g/mol. The van der Waals surface area contributed by atoms with Gasteiger partial charge in [0.05, 0.1) is 6.42 Å². The van der Waals surface area contributed by atoms with Gasteiger partial charge in [0.15, 0.2) is 0 Å². The Bertz CT molecular complexity index is 252. The third-order valence-corrected chi connectivity index (χ3v) is 1.82. The van der Waals surface area contributed by atoms with Crippen molar-refractivity contribution in [3.05, 3.63) is 25.3 Å². The summed E-state index contributed by atoms with van der Waals surface area (Å²) in [4.78, 5) is 22.8. The molecule has 5 nitrogen and oxygen atoms in total. The van der Waals surface area contributed by atoms with E-state index in [0.29, 0.717) is 13.1 Å². The molecule has 0 bridgehead atoms. The minimum atomic E-state index is -1.15. The SMILES string of the molecule is C=CCN(CC=C)[C@H](CC(=O)O)C(=O)O. The molecule has 0 aromatic carbocycles. The van der Waals surface area contributed by atoms with Crippen molar-refractivity contribution < 1.29 is 19.8 Å². The van der Waals surface area contributed by atoms with Crippen LogP contribution in [-0.2, 0) is 9.59 Å². The van der Waals surface area contributed by atoms with Gasteiger partial charge in [-0.15, -0.1) is 13.2 Å². The zero-order valence-corrected chi connectivity index (χ0v) is 8.43. The van der Waals surface area contributed by atoms with E-state index >= 15 is 0 Å². The Balaban J connectivity index is 4.64. The van der Waals surface area contributed by atoms with Gasteiger partial charge in [0.1, 0.15) is 6.04 Å². The number of rotatable bonds is 8. The lowest BCUT2D eigenvalue weighted by Gasteiger charge is -2.25. The van der Waals surface area contributed by atoms with Crippen LogP contribution in [0.3, 0.4) is 0 Å². The molecule has 0 aromatic rings. The predicted molar refractivity (Wildman–Crippen MR) is 55.6 cm³/mol. The van der Waals surface area contributed by atoms with E-state index in [2.05, 4.69) is 13.2 Å². The molecule has 1 atom stereocenters. The normalized spacial score (nSPS) is 12.1. The van der Waals surface area contributed by atoms with Crippen LogP contribution in [0.15, 0.2) is 25.3 Å². The highest BCUT2D eigenvalue weighted by Crippen LogP contribution is 2.05. The van der Waals surface area contributed by atoms with Gasteiger partial charge in [-0.05, 0) is 0 Å². The molecule has 0 aliphatic rings. The quantitative estimate of drug-likeness (QED) is 0.577. The van der Waals surface area contributed by atoms with Crippen LogP contribution < -0.4 is 0 Å². The Morgan fingerprint density at radius 2 is 1.67 bits per heavy atom. The first kappa shape index (κ1) is 13.4. The first-order valence-corrected chi connectivity index (χ1v) is 4.43. The summed E-state index contributed by atoms with van der Waals surface area (Å²) in [5, 5.41) is 17.4. The molecule has 0 spiro atoms. The van der Waals surface area contributed by atoms with E-state index in [-0.39, 0.29) is 0 Å².